The summed E-state index contributed by atoms with van der Waals surface area (Å²) in [4.78, 5) is 37.7. The highest BCUT2D eigenvalue weighted by atomic mass is 35.5. The molecule has 1 aromatic rings. The quantitative estimate of drug-likeness (QED) is 0.530. The second kappa shape index (κ2) is 8.49. The summed E-state index contributed by atoms with van der Waals surface area (Å²) in [6.07, 6.45) is 4.45. The Balaban J connectivity index is 1.97. The first-order valence-corrected chi connectivity index (χ1v) is 9.03. The molecule has 2 N–H and O–H groups in total. The van der Waals surface area contributed by atoms with E-state index in [9.17, 15) is 18.8 Å². The molecule has 1 aromatic carbocycles. The number of imide groups is 1. The van der Waals surface area contributed by atoms with Gasteiger partial charge in [0.15, 0.2) is 0 Å². The molecule has 26 heavy (non-hydrogen) atoms. The number of hydrogen-bond donors (Lipinski definition) is 2. The summed E-state index contributed by atoms with van der Waals surface area (Å²) in [6.45, 7) is 3.28. The molecular formula is C18H23ClFN3O3. The summed E-state index contributed by atoms with van der Waals surface area (Å²) >= 11 is 5.66. The van der Waals surface area contributed by atoms with Crippen molar-refractivity contribution in [2.75, 3.05) is 11.9 Å². The molecule has 1 aliphatic heterocycles. The maximum atomic E-state index is 13.7. The van der Waals surface area contributed by atoms with Crippen LogP contribution in [0, 0.1) is 5.82 Å². The second-order valence-electron chi connectivity index (χ2n) is 6.64. The highest BCUT2D eigenvalue weighted by Gasteiger charge is 2.47. The molecule has 1 aliphatic rings. The minimum absolute atomic E-state index is 0.0613. The van der Waals surface area contributed by atoms with Crippen LogP contribution in [0.15, 0.2) is 18.2 Å². The Hall–Kier alpha value is -2.15. The average Bonchev–Trinajstić information content (AvgIpc) is 2.78. The molecule has 0 radical (unpaired) electrons. The van der Waals surface area contributed by atoms with Gasteiger partial charge in [0.1, 0.15) is 17.9 Å². The Labute approximate surface area is 157 Å². The normalized spacial score (nSPS) is 19.6. The van der Waals surface area contributed by atoms with Crippen LogP contribution < -0.4 is 10.6 Å². The van der Waals surface area contributed by atoms with E-state index in [1.165, 1.54) is 12.1 Å². The van der Waals surface area contributed by atoms with Crippen LogP contribution in [0.2, 0.25) is 5.02 Å². The Morgan fingerprint density at radius 1 is 1.31 bits per heavy atom. The number of carbonyl (C=O) groups is 3. The number of urea groups is 1. The number of hydrogen-bond acceptors (Lipinski definition) is 3. The minimum atomic E-state index is -1.00. The van der Waals surface area contributed by atoms with Crippen molar-refractivity contribution in [3.8, 4) is 0 Å². The third kappa shape index (κ3) is 4.72. The summed E-state index contributed by atoms with van der Waals surface area (Å²) in [6, 6.07) is 3.21. The zero-order valence-corrected chi connectivity index (χ0v) is 15.7. The van der Waals surface area contributed by atoms with Crippen molar-refractivity contribution in [3.63, 3.8) is 0 Å². The first kappa shape index (κ1) is 20.2. The molecule has 1 heterocycles. The number of nitrogens with zero attached hydrogens (tertiary/aromatic N) is 1. The van der Waals surface area contributed by atoms with Crippen LogP contribution in [0.3, 0.4) is 0 Å². The maximum Gasteiger partial charge on any atom is 0.325 e. The molecule has 1 fully saturated rings. The molecule has 0 unspecified atom stereocenters. The van der Waals surface area contributed by atoms with E-state index in [0.29, 0.717) is 6.42 Å². The van der Waals surface area contributed by atoms with Crippen LogP contribution in [0.1, 0.15) is 46.0 Å². The molecule has 4 amide bonds. The van der Waals surface area contributed by atoms with Gasteiger partial charge in [-0.15, -0.1) is 0 Å². The molecule has 8 heteroatoms. The number of carbonyl (C=O) groups excluding carboxylic acids is 3. The molecular weight excluding hydrogens is 361 g/mol. The van der Waals surface area contributed by atoms with Crippen LogP contribution >= 0.6 is 11.6 Å². The van der Waals surface area contributed by atoms with Gasteiger partial charge in [-0.1, -0.05) is 44.2 Å². The van der Waals surface area contributed by atoms with E-state index in [4.69, 9.17) is 11.6 Å². The van der Waals surface area contributed by atoms with Crippen LogP contribution in [0.4, 0.5) is 14.9 Å². The lowest BCUT2D eigenvalue weighted by Gasteiger charge is -2.21. The summed E-state index contributed by atoms with van der Waals surface area (Å²) < 4.78 is 13.7. The fraction of sp³-hybridized carbons (Fsp3) is 0.500. The molecule has 6 nitrogen and oxygen atoms in total. The van der Waals surface area contributed by atoms with Crippen LogP contribution in [0.25, 0.3) is 0 Å². The number of unbranched alkanes of at least 4 members (excludes halogenated alkanes) is 3. The summed E-state index contributed by atoms with van der Waals surface area (Å²) in [5.41, 5.74) is -1.06. The number of nitrogens with one attached hydrogen (secondary N) is 2. The van der Waals surface area contributed by atoms with Gasteiger partial charge < -0.3 is 10.6 Å². The summed E-state index contributed by atoms with van der Waals surface area (Å²) in [7, 11) is 0. The zero-order chi connectivity index (χ0) is 19.3. The van der Waals surface area contributed by atoms with Crippen LogP contribution in [0.5, 0.6) is 0 Å². The fourth-order valence-corrected chi connectivity index (χ4v) is 3.05. The van der Waals surface area contributed by atoms with E-state index in [0.717, 1.165) is 36.6 Å². The van der Waals surface area contributed by atoms with Gasteiger partial charge in [0.2, 0.25) is 5.91 Å². The lowest BCUT2D eigenvalue weighted by Crippen LogP contribution is -2.44. The monoisotopic (exact) mass is 383 g/mol. The summed E-state index contributed by atoms with van der Waals surface area (Å²) in [5.74, 6) is -1.79. The van der Waals surface area contributed by atoms with Crippen molar-refractivity contribution in [2.24, 2.45) is 0 Å². The van der Waals surface area contributed by atoms with Gasteiger partial charge in [-0.3, -0.25) is 14.5 Å². The molecule has 0 aliphatic carbocycles. The Kier molecular flexibility index (Phi) is 6.58. The molecule has 0 saturated carbocycles. The standard InChI is InChI=1S/C18H23ClFN3O3/c1-3-4-5-6-9-18(2)16(25)23(17(26)22-18)11-15(24)21-14-8-7-12(19)10-13(14)20/h7-8,10H,3-6,9,11H2,1-2H3,(H,21,24)(H,22,26)/t18-/m1/s1. The smallest absolute Gasteiger partial charge is 0.323 e. The molecule has 0 aromatic heterocycles. The summed E-state index contributed by atoms with van der Waals surface area (Å²) in [5, 5.41) is 5.21. The number of anilines is 1. The zero-order valence-electron chi connectivity index (χ0n) is 14.9. The molecule has 0 spiro atoms. The van der Waals surface area contributed by atoms with E-state index >= 15 is 0 Å². The van der Waals surface area contributed by atoms with Crippen molar-refractivity contribution in [3.05, 3.63) is 29.0 Å². The van der Waals surface area contributed by atoms with Gasteiger partial charge in [-0.2, -0.15) is 0 Å². The van der Waals surface area contributed by atoms with Gasteiger partial charge in [0.05, 0.1) is 5.69 Å². The average molecular weight is 384 g/mol. The molecule has 1 atom stereocenters. The fourth-order valence-electron chi connectivity index (χ4n) is 2.89. The Morgan fingerprint density at radius 2 is 2.04 bits per heavy atom. The van der Waals surface area contributed by atoms with Crippen molar-refractivity contribution in [1.29, 1.82) is 0 Å². The highest BCUT2D eigenvalue weighted by Crippen LogP contribution is 2.24. The van der Waals surface area contributed by atoms with Crippen molar-refractivity contribution >= 4 is 35.1 Å². The first-order valence-electron chi connectivity index (χ1n) is 8.66. The van der Waals surface area contributed by atoms with Gasteiger partial charge in [-0.05, 0) is 31.5 Å². The first-order chi connectivity index (χ1) is 12.3. The highest BCUT2D eigenvalue weighted by molar-refractivity contribution is 6.30. The lowest BCUT2D eigenvalue weighted by molar-refractivity contribution is -0.133. The van der Waals surface area contributed by atoms with Crippen molar-refractivity contribution < 1.29 is 18.8 Å². The van der Waals surface area contributed by atoms with E-state index in [1.807, 2.05) is 0 Å². The van der Waals surface area contributed by atoms with E-state index < -0.39 is 35.7 Å². The topological polar surface area (TPSA) is 78.5 Å². The largest absolute Gasteiger partial charge is 0.325 e. The SMILES string of the molecule is CCCCCC[C@@]1(C)NC(=O)N(CC(=O)Nc2ccc(Cl)cc2F)C1=O. The van der Waals surface area contributed by atoms with Crippen molar-refractivity contribution in [2.45, 2.75) is 51.5 Å². The molecule has 1 saturated heterocycles. The van der Waals surface area contributed by atoms with Gasteiger partial charge >= 0.3 is 6.03 Å². The third-order valence-corrected chi connectivity index (χ3v) is 4.62. The van der Waals surface area contributed by atoms with Gasteiger partial charge in [0, 0.05) is 5.02 Å². The van der Waals surface area contributed by atoms with Crippen molar-refractivity contribution in [1.82, 2.24) is 10.2 Å². The minimum Gasteiger partial charge on any atom is -0.323 e. The van der Waals surface area contributed by atoms with Gasteiger partial charge in [0.25, 0.3) is 5.91 Å². The molecule has 142 valence electrons. The lowest BCUT2D eigenvalue weighted by atomic mass is 9.94. The third-order valence-electron chi connectivity index (χ3n) is 4.38. The van der Waals surface area contributed by atoms with Crippen LogP contribution in [-0.2, 0) is 9.59 Å². The van der Waals surface area contributed by atoms with E-state index in [1.54, 1.807) is 6.92 Å². The van der Waals surface area contributed by atoms with E-state index in [2.05, 4.69) is 17.6 Å². The Morgan fingerprint density at radius 3 is 2.69 bits per heavy atom. The molecule has 2 rings (SSSR count). The maximum absolute atomic E-state index is 13.7. The predicted octanol–water partition coefficient (Wildman–Crippen LogP) is 3.70. The number of halogens is 2. The van der Waals surface area contributed by atoms with Crippen LogP contribution in [-0.4, -0.2) is 34.8 Å². The van der Waals surface area contributed by atoms with Gasteiger partial charge in [-0.25, -0.2) is 9.18 Å². The second-order valence-corrected chi connectivity index (χ2v) is 7.07. The number of benzene rings is 1. The molecule has 0 bridgehead atoms. The Bertz CT molecular complexity index is 713. The predicted molar refractivity (Wildman–Crippen MR) is 97.4 cm³/mol. The number of amides is 4. The van der Waals surface area contributed by atoms with E-state index in [-0.39, 0.29) is 10.7 Å². The number of rotatable bonds is 8.